The van der Waals surface area contributed by atoms with E-state index in [4.69, 9.17) is 4.74 Å². The van der Waals surface area contributed by atoms with Crippen molar-refractivity contribution in [3.63, 3.8) is 0 Å². The van der Waals surface area contributed by atoms with Gasteiger partial charge in [0, 0.05) is 24.4 Å². The number of fused-ring (bicyclic) bond motifs is 1. The summed E-state index contributed by atoms with van der Waals surface area (Å²) in [6.45, 7) is 4.22. The summed E-state index contributed by atoms with van der Waals surface area (Å²) in [4.78, 5) is 0. The van der Waals surface area contributed by atoms with Crippen LogP contribution in [0.4, 0.5) is 5.69 Å². The van der Waals surface area contributed by atoms with E-state index in [2.05, 4.69) is 43.4 Å². The first-order chi connectivity index (χ1) is 15.0. The molecule has 1 atom stereocenters. The van der Waals surface area contributed by atoms with Crippen LogP contribution in [0.5, 0.6) is 11.5 Å². The molecule has 4 aromatic carbocycles. The van der Waals surface area contributed by atoms with Crippen molar-refractivity contribution in [3.8, 4) is 22.6 Å². The van der Waals surface area contributed by atoms with Crippen LogP contribution in [-0.4, -0.2) is 23.4 Å². The number of rotatable bonds is 6. The zero-order valence-electron chi connectivity index (χ0n) is 18.0. The largest absolute Gasteiger partial charge is 0.508 e. The summed E-state index contributed by atoms with van der Waals surface area (Å²) in [6.07, 6.45) is -0.301. The van der Waals surface area contributed by atoms with Crippen molar-refractivity contribution >= 4 is 16.5 Å². The van der Waals surface area contributed by atoms with Crippen LogP contribution in [0.2, 0.25) is 0 Å². The molecule has 4 nitrogen and oxygen atoms in total. The highest BCUT2D eigenvalue weighted by molar-refractivity contribution is 5.93. The maximum absolute atomic E-state index is 9.99. The second-order valence-electron chi connectivity index (χ2n) is 8.02. The highest BCUT2D eigenvalue weighted by atomic mass is 16.5. The summed E-state index contributed by atoms with van der Waals surface area (Å²) in [6, 6.07) is 25.3. The van der Waals surface area contributed by atoms with Gasteiger partial charge in [-0.25, -0.2) is 0 Å². The molecule has 0 radical (unpaired) electrons. The summed E-state index contributed by atoms with van der Waals surface area (Å²) < 4.78 is 6.04. The maximum atomic E-state index is 9.99. The van der Waals surface area contributed by atoms with Gasteiger partial charge in [0.25, 0.3) is 0 Å². The highest BCUT2D eigenvalue weighted by Crippen LogP contribution is 2.40. The fourth-order valence-corrected chi connectivity index (χ4v) is 4.02. The Balaban J connectivity index is 1.90. The first kappa shape index (κ1) is 20.8. The van der Waals surface area contributed by atoms with Crippen LogP contribution in [0.1, 0.15) is 31.1 Å². The summed E-state index contributed by atoms with van der Waals surface area (Å²) in [7, 11) is 1.71. The number of benzene rings is 4. The van der Waals surface area contributed by atoms with Gasteiger partial charge >= 0.3 is 0 Å². The third kappa shape index (κ3) is 4.35. The van der Waals surface area contributed by atoms with Crippen LogP contribution < -0.4 is 5.32 Å². The zero-order valence-corrected chi connectivity index (χ0v) is 18.0. The molecule has 0 bridgehead atoms. The molecule has 4 aromatic rings. The Hall–Kier alpha value is -3.50. The molecule has 1 unspecified atom stereocenters. The van der Waals surface area contributed by atoms with Crippen molar-refractivity contribution in [3.05, 3.63) is 90.0 Å². The van der Waals surface area contributed by atoms with Crippen LogP contribution >= 0.6 is 0 Å². The molecule has 3 N–H and O–H groups in total. The lowest BCUT2D eigenvalue weighted by atomic mass is 9.88. The average molecular weight is 414 g/mol. The van der Waals surface area contributed by atoms with Gasteiger partial charge in [0.2, 0.25) is 0 Å². The Morgan fingerprint density at radius 1 is 0.774 bits per heavy atom. The van der Waals surface area contributed by atoms with Gasteiger partial charge < -0.3 is 20.3 Å². The van der Waals surface area contributed by atoms with E-state index in [1.807, 2.05) is 30.3 Å². The fourth-order valence-electron chi connectivity index (χ4n) is 4.02. The van der Waals surface area contributed by atoms with Crippen molar-refractivity contribution in [2.24, 2.45) is 0 Å². The molecule has 0 spiro atoms. The minimum Gasteiger partial charge on any atom is -0.508 e. The van der Waals surface area contributed by atoms with Gasteiger partial charge in [-0.1, -0.05) is 42.5 Å². The highest BCUT2D eigenvalue weighted by Gasteiger charge is 2.21. The van der Waals surface area contributed by atoms with Gasteiger partial charge in [0.15, 0.2) is 0 Å². The minimum atomic E-state index is -0.301. The molecule has 4 heteroatoms. The lowest BCUT2D eigenvalue weighted by Crippen LogP contribution is -2.10. The summed E-state index contributed by atoms with van der Waals surface area (Å²) >= 11 is 0. The van der Waals surface area contributed by atoms with Crippen LogP contribution in [0.15, 0.2) is 78.9 Å². The number of aromatic hydroxyl groups is 2. The Morgan fingerprint density at radius 2 is 1.45 bits per heavy atom. The summed E-state index contributed by atoms with van der Waals surface area (Å²) in [5, 5.41) is 25.1. The molecule has 4 rings (SSSR count). The number of phenolic OH excluding ortho intramolecular Hbond substituents is 2. The predicted octanol–water partition coefficient (Wildman–Crippen LogP) is 6.47. The normalized spacial score (nSPS) is 12.3. The molecule has 0 aliphatic carbocycles. The van der Waals surface area contributed by atoms with Crippen LogP contribution in [-0.2, 0) is 4.74 Å². The Bertz CT molecular complexity index is 1180. The lowest BCUT2D eigenvalue weighted by Gasteiger charge is -2.23. The van der Waals surface area contributed by atoms with E-state index >= 15 is 0 Å². The molecule has 0 fully saturated rings. The number of phenols is 2. The van der Waals surface area contributed by atoms with E-state index in [9.17, 15) is 10.2 Å². The van der Waals surface area contributed by atoms with E-state index in [1.54, 1.807) is 31.4 Å². The lowest BCUT2D eigenvalue weighted by molar-refractivity contribution is 0.138. The second-order valence-corrected chi connectivity index (χ2v) is 8.02. The number of ether oxygens (including phenoxy) is 1. The smallest absolute Gasteiger partial charge is 0.116 e. The van der Waals surface area contributed by atoms with Gasteiger partial charge in [-0.15, -0.1) is 0 Å². The molecule has 0 amide bonds. The molecular weight excluding hydrogens is 386 g/mol. The first-order valence-electron chi connectivity index (χ1n) is 10.4. The van der Waals surface area contributed by atoms with Gasteiger partial charge in [-0.2, -0.15) is 0 Å². The number of anilines is 1. The van der Waals surface area contributed by atoms with E-state index in [1.165, 1.54) is 0 Å². The maximum Gasteiger partial charge on any atom is 0.116 e. The summed E-state index contributed by atoms with van der Waals surface area (Å²) in [5.74, 6) is 0.460. The molecule has 0 heterocycles. The van der Waals surface area contributed by atoms with E-state index in [0.717, 1.165) is 38.7 Å². The van der Waals surface area contributed by atoms with Gasteiger partial charge in [-0.3, -0.25) is 0 Å². The Labute approximate surface area is 182 Å². The fraction of sp³-hybridized carbons (Fsp3) is 0.185. The quantitative estimate of drug-likeness (QED) is 0.339. The van der Waals surface area contributed by atoms with Crippen molar-refractivity contribution in [1.29, 1.82) is 0 Å². The number of hydrogen-bond acceptors (Lipinski definition) is 4. The second kappa shape index (κ2) is 8.70. The molecule has 0 aliphatic heterocycles. The van der Waals surface area contributed by atoms with Crippen molar-refractivity contribution in [2.75, 3.05) is 12.4 Å². The van der Waals surface area contributed by atoms with Crippen LogP contribution in [0, 0.1) is 0 Å². The minimum absolute atomic E-state index is 0.229. The van der Waals surface area contributed by atoms with Crippen LogP contribution in [0.3, 0.4) is 0 Å². The predicted molar refractivity (Wildman–Crippen MR) is 127 cm³/mol. The molecule has 0 aromatic heterocycles. The zero-order chi connectivity index (χ0) is 22.0. The molecule has 31 heavy (non-hydrogen) atoms. The van der Waals surface area contributed by atoms with Gasteiger partial charge in [-0.05, 0) is 77.7 Å². The Morgan fingerprint density at radius 3 is 2.10 bits per heavy atom. The molecule has 0 saturated carbocycles. The van der Waals surface area contributed by atoms with E-state index < -0.39 is 0 Å². The van der Waals surface area contributed by atoms with Crippen molar-refractivity contribution < 1.29 is 14.9 Å². The number of methoxy groups -OCH3 is 1. The number of nitrogens with one attached hydrogen (secondary N) is 1. The third-order valence-corrected chi connectivity index (χ3v) is 5.39. The first-order valence-corrected chi connectivity index (χ1v) is 10.4. The molecule has 0 saturated heterocycles. The topological polar surface area (TPSA) is 61.7 Å². The molecule has 0 aliphatic rings. The number of hydrogen-bond donors (Lipinski definition) is 3. The van der Waals surface area contributed by atoms with Gasteiger partial charge in [0.1, 0.15) is 17.6 Å². The van der Waals surface area contributed by atoms with Crippen molar-refractivity contribution in [1.82, 2.24) is 0 Å². The van der Waals surface area contributed by atoms with E-state index in [-0.39, 0.29) is 17.6 Å². The van der Waals surface area contributed by atoms with Crippen molar-refractivity contribution in [2.45, 2.75) is 26.0 Å². The molecular formula is C27H27NO3. The molecule has 158 valence electrons. The SMILES string of the molecule is COC(c1ccc(NC(C)C)cc1)c1c(-c2ccc(O)cc2)ccc2cc(O)ccc12. The average Bonchev–Trinajstić information content (AvgIpc) is 2.75. The van der Waals surface area contributed by atoms with Gasteiger partial charge in [0.05, 0.1) is 0 Å². The van der Waals surface area contributed by atoms with Crippen LogP contribution in [0.25, 0.3) is 21.9 Å². The Kier molecular flexibility index (Phi) is 5.83. The summed E-state index contributed by atoms with van der Waals surface area (Å²) in [5.41, 5.74) is 5.14. The standard InChI is InChI=1S/C27H27NO3/c1-17(2)28-21-9-4-19(5-10-21)27(31-3)26-24(18-6-11-22(29)12-7-18)14-8-20-16-23(30)13-15-25(20)26/h4-17,27-30H,1-3H3. The monoisotopic (exact) mass is 413 g/mol. The van der Waals surface area contributed by atoms with E-state index in [0.29, 0.717) is 6.04 Å². The third-order valence-electron chi connectivity index (χ3n) is 5.39.